The zero-order valence-corrected chi connectivity index (χ0v) is 12.8. The van der Waals surface area contributed by atoms with Crippen LogP contribution in [0.15, 0.2) is 18.3 Å². The van der Waals surface area contributed by atoms with Crippen molar-refractivity contribution in [2.45, 2.75) is 45.3 Å². The van der Waals surface area contributed by atoms with Crippen LogP contribution in [0.4, 0.5) is 13.2 Å². The van der Waals surface area contributed by atoms with Crippen molar-refractivity contribution < 1.29 is 27.8 Å². The maximum absolute atomic E-state index is 10.6. The fraction of sp³-hybridized carbons (Fsp3) is 0.643. The molecule has 0 fully saturated rings. The minimum absolute atomic E-state index is 0.307. The number of hydrogen-bond acceptors (Lipinski definition) is 3. The Morgan fingerprint density at radius 3 is 2.45 bits per heavy atom. The Kier molecular flexibility index (Phi) is 6.43. The van der Waals surface area contributed by atoms with Crippen molar-refractivity contribution in [3.8, 4) is 0 Å². The van der Waals surface area contributed by atoms with E-state index in [0.29, 0.717) is 12.1 Å². The van der Waals surface area contributed by atoms with E-state index in [0.717, 1.165) is 19.6 Å². The fourth-order valence-corrected chi connectivity index (χ4v) is 2.12. The molecule has 1 aliphatic rings. The van der Waals surface area contributed by atoms with Crippen LogP contribution < -0.4 is 0 Å². The molecule has 0 spiro atoms. The predicted molar refractivity (Wildman–Crippen MR) is 74.5 cm³/mol. The normalized spacial score (nSPS) is 19.1. The van der Waals surface area contributed by atoms with Gasteiger partial charge in [0.25, 0.3) is 0 Å². The number of halogens is 3. The Morgan fingerprint density at radius 1 is 1.41 bits per heavy atom. The summed E-state index contributed by atoms with van der Waals surface area (Å²) in [4.78, 5) is 11.4. The van der Waals surface area contributed by atoms with Gasteiger partial charge in [0.2, 0.25) is 0 Å². The summed E-state index contributed by atoms with van der Waals surface area (Å²) in [5.41, 5.74) is 1.39. The largest absolute Gasteiger partial charge is 0.490 e. The number of methoxy groups -OCH3 is 1. The van der Waals surface area contributed by atoms with E-state index in [-0.39, 0.29) is 0 Å². The molecule has 22 heavy (non-hydrogen) atoms. The lowest BCUT2D eigenvalue weighted by Gasteiger charge is -2.26. The van der Waals surface area contributed by atoms with Gasteiger partial charge >= 0.3 is 12.1 Å². The van der Waals surface area contributed by atoms with Crippen molar-refractivity contribution in [2.24, 2.45) is 0 Å². The van der Waals surface area contributed by atoms with Crippen LogP contribution in [0.25, 0.3) is 0 Å². The molecule has 0 radical (unpaired) electrons. The van der Waals surface area contributed by atoms with Crippen LogP contribution in [0.5, 0.6) is 0 Å². The van der Waals surface area contributed by atoms with E-state index < -0.39 is 12.1 Å². The lowest BCUT2D eigenvalue weighted by Crippen LogP contribution is -2.36. The number of ether oxygens (including phenoxy) is 1. The van der Waals surface area contributed by atoms with Gasteiger partial charge in [0.15, 0.2) is 0 Å². The van der Waals surface area contributed by atoms with Crippen molar-refractivity contribution in [3.63, 3.8) is 0 Å². The first kappa shape index (κ1) is 18.5. The van der Waals surface area contributed by atoms with Gasteiger partial charge in [0.1, 0.15) is 0 Å². The Bertz CT molecular complexity index is 486. The van der Waals surface area contributed by atoms with Gasteiger partial charge in [-0.25, -0.2) is 4.79 Å². The van der Waals surface area contributed by atoms with Gasteiger partial charge in [-0.3, -0.25) is 4.90 Å². The third-order valence-electron chi connectivity index (χ3n) is 3.43. The summed E-state index contributed by atoms with van der Waals surface area (Å²) in [7, 11) is 1.80. The number of nitrogens with zero attached hydrogens (tertiary/aromatic N) is 2. The zero-order valence-electron chi connectivity index (χ0n) is 12.8. The SMILES string of the molecule is COC1CN(C(C)C)Cc2cccn2C1.O=C(O)C(F)(F)F. The molecule has 2 heterocycles. The van der Waals surface area contributed by atoms with Crippen LogP contribution >= 0.6 is 0 Å². The maximum Gasteiger partial charge on any atom is 0.490 e. The second-order valence-electron chi connectivity index (χ2n) is 5.34. The molecule has 2 rings (SSSR count). The second-order valence-corrected chi connectivity index (χ2v) is 5.34. The number of hydrogen-bond donors (Lipinski definition) is 1. The molecule has 1 unspecified atom stereocenters. The Morgan fingerprint density at radius 2 is 2.00 bits per heavy atom. The van der Waals surface area contributed by atoms with E-state index in [2.05, 4.69) is 41.6 Å². The van der Waals surface area contributed by atoms with Crippen LogP contribution in [0, 0.1) is 0 Å². The third-order valence-corrected chi connectivity index (χ3v) is 3.43. The lowest BCUT2D eigenvalue weighted by molar-refractivity contribution is -0.192. The number of aromatic nitrogens is 1. The summed E-state index contributed by atoms with van der Waals surface area (Å²) in [5.74, 6) is -2.76. The van der Waals surface area contributed by atoms with Gasteiger partial charge in [0.05, 0.1) is 6.10 Å². The van der Waals surface area contributed by atoms with Crippen molar-refractivity contribution in [1.82, 2.24) is 9.47 Å². The second kappa shape index (κ2) is 7.64. The third kappa shape index (κ3) is 5.34. The molecule has 0 aliphatic carbocycles. The van der Waals surface area contributed by atoms with Crippen molar-refractivity contribution in [2.75, 3.05) is 13.7 Å². The van der Waals surface area contributed by atoms with Gasteiger partial charge in [0, 0.05) is 44.7 Å². The first-order valence-corrected chi connectivity index (χ1v) is 6.86. The van der Waals surface area contributed by atoms with Crippen molar-refractivity contribution in [3.05, 3.63) is 24.0 Å². The highest BCUT2D eigenvalue weighted by Gasteiger charge is 2.38. The average molecular weight is 322 g/mol. The van der Waals surface area contributed by atoms with Crippen LogP contribution in [0.3, 0.4) is 0 Å². The van der Waals surface area contributed by atoms with E-state index in [1.54, 1.807) is 7.11 Å². The summed E-state index contributed by atoms with van der Waals surface area (Å²) in [6.45, 7) is 7.51. The molecule has 1 atom stereocenters. The van der Waals surface area contributed by atoms with Gasteiger partial charge in [-0.1, -0.05) is 0 Å². The van der Waals surface area contributed by atoms with Gasteiger partial charge in [-0.2, -0.15) is 13.2 Å². The molecule has 1 aliphatic heterocycles. The summed E-state index contributed by atoms with van der Waals surface area (Å²) in [5, 5.41) is 7.12. The zero-order chi connectivity index (χ0) is 16.9. The standard InChI is InChI=1S/C12H20N2O.C2HF3O2/c1-10(2)14-7-11-5-4-6-13(11)8-12(9-14)15-3;3-2(4,5)1(6)7/h4-6,10,12H,7-9H2,1-3H3;(H,6,7). The molecular weight excluding hydrogens is 301 g/mol. The first-order chi connectivity index (χ1) is 10.1. The minimum atomic E-state index is -5.08. The molecule has 0 saturated carbocycles. The smallest absolute Gasteiger partial charge is 0.475 e. The highest BCUT2D eigenvalue weighted by atomic mass is 19.4. The van der Waals surface area contributed by atoms with Crippen LogP contribution in [0.2, 0.25) is 0 Å². The molecular formula is C14H21F3N2O3. The molecule has 5 nitrogen and oxygen atoms in total. The summed E-state index contributed by atoms with van der Waals surface area (Å²) >= 11 is 0. The van der Waals surface area contributed by atoms with Crippen molar-refractivity contribution in [1.29, 1.82) is 0 Å². The number of carbonyl (C=O) groups is 1. The molecule has 8 heteroatoms. The fourth-order valence-electron chi connectivity index (χ4n) is 2.12. The number of alkyl halides is 3. The van der Waals surface area contributed by atoms with E-state index in [9.17, 15) is 13.2 Å². The topological polar surface area (TPSA) is 54.7 Å². The van der Waals surface area contributed by atoms with Crippen LogP contribution in [-0.4, -0.2) is 52.5 Å². The quantitative estimate of drug-likeness (QED) is 0.908. The molecule has 1 aromatic heterocycles. The van der Waals surface area contributed by atoms with E-state index in [1.165, 1.54) is 5.69 Å². The van der Waals surface area contributed by atoms with E-state index in [4.69, 9.17) is 14.6 Å². The molecule has 1 N–H and O–H groups in total. The van der Waals surface area contributed by atoms with Gasteiger partial charge in [-0.05, 0) is 26.0 Å². The average Bonchev–Trinajstić information content (AvgIpc) is 2.75. The number of rotatable bonds is 2. The maximum atomic E-state index is 10.6. The molecule has 126 valence electrons. The number of aliphatic carboxylic acids is 1. The van der Waals surface area contributed by atoms with Crippen LogP contribution in [0.1, 0.15) is 19.5 Å². The lowest BCUT2D eigenvalue weighted by atomic mass is 10.2. The summed E-state index contributed by atoms with van der Waals surface area (Å²) in [6.07, 6.45) is -2.63. The van der Waals surface area contributed by atoms with Gasteiger partial charge < -0.3 is 14.4 Å². The van der Waals surface area contributed by atoms with Crippen molar-refractivity contribution >= 4 is 5.97 Å². The number of carboxylic acid groups (broad SMARTS) is 1. The predicted octanol–water partition coefficient (Wildman–Crippen LogP) is 2.36. The van der Waals surface area contributed by atoms with Crippen LogP contribution in [-0.2, 0) is 22.6 Å². The first-order valence-electron chi connectivity index (χ1n) is 6.86. The summed E-state index contributed by atoms with van der Waals surface area (Å²) < 4.78 is 39.6. The molecule has 0 bridgehead atoms. The Labute approximate surface area is 127 Å². The Hall–Kier alpha value is -1.54. The molecule has 1 aromatic rings. The van der Waals surface area contributed by atoms with Gasteiger partial charge in [-0.15, -0.1) is 0 Å². The molecule has 0 saturated heterocycles. The Balaban J connectivity index is 0.000000295. The minimum Gasteiger partial charge on any atom is -0.475 e. The molecule has 0 amide bonds. The van der Waals surface area contributed by atoms with E-state index in [1.807, 2.05) is 0 Å². The monoisotopic (exact) mass is 322 g/mol. The molecule has 0 aromatic carbocycles. The number of fused-ring (bicyclic) bond motifs is 1. The van der Waals surface area contributed by atoms with E-state index >= 15 is 0 Å². The highest BCUT2D eigenvalue weighted by molar-refractivity contribution is 5.73. The number of carboxylic acids is 1. The highest BCUT2D eigenvalue weighted by Crippen LogP contribution is 2.16. The summed E-state index contributed by atoms with van der Waals surface area (Å²) in [6, 6.07) is 4.89.